The number of terminal acetylenes is 1. The number of carbonyl (C=O) groups excluding carboxylic acids is 1. The van der Waals surface area contributed by atoms with Gasteiger partial charge >= 0.3 is 5.97 Å². The number of hydrogen-bond donors (Lipinski definition) is 3. The number of rotatable bonds is 5. The molecule has 0 aromatic heterocycles. The van der Waals surface area contributed by atoms with E-state index in [1.54, 1.807) is 0 Å². The van der Waals surface area contributed by atoms with Crippen LogP contribution in [0, 0.1) is 12.3 Å². The summed E-state index contributed by atoms with van der Waals surface area (Å²) in [5.74, 6) is 0.248. The first-order chi connectivity index (χ1) is 6.52. The summed E-state index contributed by atoms with van der Waals surface area (Å²) in [7, 11) is 0. The normalized spacial score (nSPS) is 13.8. The second-order valence-corrected chi connectivity index (χ2v) is 2.88. The highest BCUT2D eigenvalue weighted by Gasteiger charge is 2.21. The van der Waals surface area contributed by atoms with Crippen LogP contribution in [0.25, 0.3) is 0 Å². The molecule has 0 radical (unpaired) electrons. The van der Waals surface area contributed by atoms with Crippen molar-refractivity contribution >= 4 is 23.5 Å². The standard InChI is InChI=1S/C8H11ClN2O3/c1-2-3-6(8(13)14)11-7(12)5(10)4-9/h1,5-6H,3-4,10H2,(H,11,12)(H,13,14)/t5-,6-/m1/s1. The molecule has 2 atom stereocenters. The summed E-state index contributed by atoms with van der Waals surface area (Å²) < 4.78 is 0. The Labute approximate surface area is 86.6 Å². The Morgan fingerprint density at radius 1 is 1.64 bits per heavy atom. The smallest absolute Gasteiger partial charge is 0.327 e. The van der Waals surface area contributed by atoms with E-state index in [1.165, 1.54) is 0 Å². The molecule has 4 N–H and O–H groups in total. The third-order valence-corrected chi connectivity index (χ3v) is 1.77. The Hall–Kier alpha value is -1.25. The van der Waals surface area contributed by atoms with Gasteiger partial charge in [0.05, 0.1) is 6.04 Å². The minimum absolute atomic E-state index is 0.0752. The number of nitrogens with two attached hydrogens (primary N) is 1. The summed E-state index contributed by atoms with van der Waals surface area (Å²) in [4.78, 5) is 21.7. The van der Waals surface area contributed by atoms with Crippen LogP contribution in [0.4, 0.5) is 0 Å². The lowest BCUT2D eigenvalue weighted by atomic mass is 10.2. The van der Waals surface area contributed by atoms with E-state index in [4.69, 9.17) is 28.9 Å². The van der Waals surface area contributed by atoms with Gasteiger partial charge in [0.15, 0.2) is 0 Å². The van der Waals surface area contributed by atoms with Crippen molar-refractivity contribution < 1.29 is 14.7 Å². The maximum absolute atomic E-state index is 11.1. The predicted octanol–water partition coefficient (Wildman–Crippen LogP) is -0.855. The molecule has 0 bridgehead atoms. The van der Waals surface area contributed by atoms with Crippen LogP contribution in [-0.2, 0) is 9.59 Å². The summed E-state index contributed by atoms with van der Waals surface area (Å²) in [5, 5.41) is 10.8. The minimum Gasteiger partial charge on any atom is -0.480 e. The molecule has 5 nitrogen and oxygen atoms in total. The first-order valence-corrected chi connectivity index (χ1v) is 4.34. The first-order valence-electron chi connectivity index (χ1n) is 3.81. The number of aliphatic carboxylic acids is 1. The third-order valence-electron chi connectivity index (χ3n) is 1.44. The molecule has 0 spiro atoms. The molecular formula is C8H11ClN2O3. The molecule has 1 amide bonds. The molecule has 0 aromatic rings. The molecular weight excluding hydrogens is 208 g/mol. The zero-order valence-electron chi connectivity index (χ0n) is 7.37. The fourth-order valence-electron chi connectivity index (χ4n) is 0.667. The highest BCUT2D eigenvalue weighted by molar-refractivity contribution is 6.19. The Morgan fingerprint density at radius 2 is 2.21 bits per heavy atom. The van der Waals surface area contributed by atoms with Gasteiger partial charge in [-0.25, -0.2) is 4.79 Å². The van der Waals surface area contributed by atoms with Crippen LogP contribution in [-0.4, -0.2) is 34.9 Å². The molecule has 0 heterocycles. The van der Waals surface area contributed by atoms with Gasteiger partial charge in [-0.2, -0.15) is 0 Å². The largest absolute Gasteiger partial charge is 0.480 e. The topological polar surface area (TPSA) is 92.4 Å². The van der Waals surface area contributed by atoms with Crippen molar-refractivity contribution in [3.63, 3.8) is 0 Å². The summed E-state index contributed by atoms with van der Waals surface area (Å²) in [5.41, 5.74) is 5.27. The van der Waals surface area contributed by atoms with E-state index in [2.05, 4.69) is 11.2 Å². The lowest BCUT2D eigenvalue weighted by molar-refractivity contribution is -0.141. The molecule has 0 aliphatic carbocycles. The molecule has 0 aliphatic rings. The van der Waals surface area contributed by atoms with Gasteiger partial charge in [-0.15, -0.1) is 23.9 Å². The lowest BCUT2D eigenvalue weighted by Crippen LogP contribution is -2.49. The molecule has 0 fully saturated rings. The van der Waals surface area contributed by atoms with Crippen LogP contribution < -0.4 is 11.1 Å². The van der Waals surface area contributed by atoms with E-state index in [0.717, 1.165) is 0 Å². The van der Waals surface area contributed by atoms with Crippen LogP contribution in [0.3, 0.4) is 0 Å². The Morgan fingerprint density at radius 3 is 2.57 bits per heavy atom. The van der Waals surface area contributed by atoms with Gasteiger partial charge in [0.25, 0.3) is 0 Å². The Balaban J connectivity index is 4.24. The predicted molar refractivity (Wildman–Crippen MR) is 51.7 cm³/mol. The second-order valence-electron chi connectivity index (χ2n) is 2.57. The van der Waals surface area contributed by atoms with Gasteiger partial charge in [-0.3, -0.25) is 4.79 Å². The van der Waals surface area contributed by atoms with Crippen LogP contribution >= 0.6 is 11.6 Å². The maximum atomic E-state index is 11.1. The van der Waals surface area contributed by atoms with Gasteiger partial charge in [0.2, 0.25) is 5.91 Å². The number of carboxylic acid groups (broad SMARTS) is 1. The molecule has 0 aromatic carbocycles. The molecule has 0 aliphatic heterocycles. The zero-order valence-corrected chi connectivity index (χ0v) is 8.12. The molecule has 78 valence electrons. The van der Waals surface area contributed by atoms with Gasteiger partial charge < -0.3 is 16.2 Å². The van der Waals surface area contributed by atoms with E-state index in [9.17, 15) is 9.59 Å². The van der Waals surface area contributed by atoms with Crippen LogP contribution in [0.15, 0.2) is 0 Å². The molecule has 0 unspecified atom stereocenters. The SMILES string of the molecule is C#CC[C@@H](NC(=O)[C@H](N)CCl)C(=O)O. The summed E-state index contributed by atoms with van der Waals surface area (Å²) in [6, 6.07) is -2.03. The van der Waals surface area contributed by atoms with Crippen molar-refractivity contribution in [2.45, 2.75) is 18.5 Å². The second kappa shape index (κ2) is 6.24. The fourth-order valence-corrected chi connectivity index (χ4v) is 0.807. The van der Waals surface area contributed by atoms with Crippen LogP contribution in [0.2, 0.25) is 0 Å². The van der Waals surface area contributed by atoms with E-state index < -0.39 is 24.0 Å². The maximum Gasteiger partial charge on any atom is 0.327 e. The molecule has 0 saturated heterocycles. The van der Waals surface area contributed by atoms with Crippen molar-refractivity contribution in [1.82, 2.24) is 5.32 Å². The van der Waals surface area contributed by atoms with Crippen molar-refractivity contribution in [2.24, 2.45) is 5.73 Å². The van der Waals surface area contributed by atoms with Crippen molar-refractivity contribution in [3.8, 4) is 12.3 Å². The zero-order chi connectivity index (χ0) is 11.1. The van der Waals surface area contributed by atoms with Crippen molar-refractivity contribution in [1.29, 1.82) is 0 Å². The van der Waals surface area contributed by atoms with Gasteiger partial charge in [0.1, 0.15) is 6.04 Å². The summed E-state index contributed by atoms with van der Waals surface area (Å²) in [6.07, 6.45) is 4.84. The van der Waals surface area contributed by atoms with E-state index in [0.29, 0.717) is 0 Å². The van der Waals surface area contributed by atoms with E-state index in [-0.39, 0.29) is 12.3 Å². The Kier molecular flexibility index (Phi) is 5.68. The number of carbonyl (C=O) groups is 2. The van der Waals surface area contributed by atoms with E-state index >= 15 is 0 Å². The molecule has 14 heavy (non-hydrogen) atoms. The molecule has 0 rings (SSSR count). The van der Waals surface area contributed by atoms with E-state index in [1.807, 2.05) is 0 Å². The fraction of sp³-hybridized carbons (Fsp3) is 0.500. The Bertz CT molecular complexity index is 262. The number of alkyl halides is 1. The average Bonchev–Trinajstić information content (AvgIpc) is 2.15. The van der Waals surface area contributed by atoms with Crippen molar-refractivity contribution in [3.05, 3.63) is 0 Å². The quantitative estimate of drug-likeness (QED) is 0.414. The van der Waals surface area contributed by atoms with Crippen LogP contribution in [0.1, 0.15) is 6.42 Å². The van der Waals surface area contributed by atoms with Gasteiger partial charge in [0, 0.05) is 12.3 Å². The lowest BCUT2D eigenvalue weighted by Gasteiger charge is -2.14. The van der Waals surface area contributed by atoms with Gasteiger partial charge in [-0.1, -0.05) is 0 Å². The highest BCUT2D eigenvalue weighted by Crippen LogP contribution is 1.93. The number of carboxylic acids is 1. The number of halogens is 1. The molecule has 0 saturated carbocycles. The molecule has 6 heteroatoms. The van der Waals surface area contributed by atoms with Gasteiger partial charge in [-0.05, 0) is 0 Å². The van der Waals surface area contributed by atoms with Crippen molar-refractivity contribution in [2.75, 3.05) is 5.88 Å². The third kappa shape index (κ3) is 4.12. The first kappa shape index (κ1) is 12.8. The minimum atomic E-state index is -1.20. The number of amides is 1. The summed E-state index contributed by atoms with van der Waals surface area (Å²) >= 11 is 5.31. The number of nitrogens with one attached hydrogen (secondary N) is 1. The summed E-state index contributed by atoms with van der Waals surface area (Å²) in [6.45, 7) is 0. The average molecular weight is 219 g/mol. The van der Waals surface area contributed by atoms with Crippen LogP contribution in [0.5, 0.6) is 0 Å². The monoisotopic (exact) mass is 218 g/mol. The number of hydrogen-bond acceptors (Lipinski definition) is 3. The highest BCUT2D eigenvalue weighted by atomic mass is 35.5.